The number of carbonyl (C=O) groups is 1. The van der Waals surface area contributed by atoms with Crippen LogP contribution in [0, 0.1) is 0 Å². The molecule has 0 bridgehead atoms. The Morgan fingerprint density at radius 2 is 1.31 bits per heavy atom. The number of nitrogens with one attached hydrogen (secondary N) is 1. The van der Waals surface area contributed by atoms with Crippen molar-refractivity contribution < 1.29 is 9.53 Å². The van der Waals surface area contributed by atoms with Crippen LogP contribution in [0.5, 0.6) is 0 Å². The number of rotatable bonds is 8. The fourth-order valence-corrected chi connectivity index (χ4v) is 4.82. The fourth-order valence-electron chi connectivity index (χ4n) is 4.82. The molecule has 1 amide bonds. The van der Waals surface area contributed by atoms with E-state index in [1.54, 1.807) is 0 Å². The van der Waals surface area contributed by atoms with Crippen LogP contribution in [-0.2, 0) is 24.4 Å². The van der Waals surface area contributed by atoms with Gasteiger partial charge in [0.05, 0.1) is 0 Å². The van der Waals surface area contributed by atoms with Gasteiger partial charge in [-0.2, -0.15) is 0 Å². The molecule has 1 aliphatic carbocycles. The van der Waals surface area contributed by atoms with Crippen LogP contribution >= 0.6 is 0 Å². The van der Waals surface area contributed by atoms with E-state index in [4.69, 9.17) is 4.74 Å². The number of benzene rings is 3. The van der Waals surface area contributed by atoms with Crippen LogP contribution in [0.2, 0.25) is 0 Å². The van der Waals surface area contributed by atoms with Crippen LogP contribution < -0.4 is 5.32 Å². The van der Waals surface area contributed by atoms with Crippen LogP contribution in [-0.4, -0.2) is 22.6 Å². The minimum Gasteiger partial charge on any atom is -0.444 e. The van der Waals surface area contributed by atoms with Crippen molar-refractivity contribution in [1.82, 2.24) is 10.2 Å². The van der Waals surface area contributed by atoms with Crippen molar-refractivity contribution in [2.45, 2.75) is 84.2 Å². The van der Waals surface area contributed by atoms with Crippen LogP contribution in [0.25, 0.3) is 11.1 Å². The highest BCUT2D eigenvalue weighted by Gasteiger charge is 2.29. The molecular weight excluding hydrogens is 444 g/mol. The molecule has 1 N–H and O–H groups in total. The molecule has 3 aromatic carbocycles. The van der Waals surface area contributed by atoms with Crippen LogP contribution in [0.15, 0.2) is 78.9 Å². The molecule has 4 rings (SSSR count). The van der Waals surface area contributed by atoms with Gasteiger partial charge in [-0.05, 0) is 61.4 Å². The largest absolute Gasteiger partial charge is 0.444 e. The highest BCUT2D eigenvalue weighted by molar-refractivity contribution is 5.69. The monoisotopic (exact) mass is 484 g/mol. The van der Waals surface area contributed by atoms with Crippen LogP contribution in [0.1, 0.15) is 69.6 Å². The van der Waals surface area contributed by atoms with E-state index in [1.807, 2.05) is 31.7 Å². The van der Waals surface area contributed by atoms with Gasteiger partial charge in [0.25, 0.3) is 0 Å². The Morgan fingerprint density at radius 1 is 0.778 bits per heavy atom. The van der Waals surface area contributed by atoms with Gasteiger partial charge in [0.1, 0.15) is 5.60 Å². The van der Waals surface area contributed by atoms with Crippen molar-refractivity contribution >= 4 is 6.09 Å². The molecule has 0 unspecified atom stereocenters. The quantitative estimate of drug-likeness (QED) is 0.356. The van der Waals surface area contributed by atoms with E-state index >= 15 is 0 Å². The topological polar surface area (TPSA) is 41.6 Å². The minimum atomic E-state index is -0.489. The molecule has 3 aromatic rings. The normalized spacial score (nSPS) is 14.4. The van der Waals surface area contributed by atoms with E-state index < -0.39 is 5.60 Å². The predicted octanol–water partition coefficient (Wildman–Crippen LogP) is 7.71. The second-order valence-corrected chi connectivity index (χ2v) is 10.9. The van der Waals surface area contributed by atoms with Gasteiger partial charge in [-0.25, -0.2) is 4.79 Å². The lowest BCUT2D eigenvalue weighted by Crippen LogP contribution is -2.43. The fraction of sp³-hybridized carbons (Fsp3) is 0.406. The number of amides is 1. The number of hydrogen-bond acceptors (Lipinski definition) is 3. The van der Waals surface area contributed by atoms with Crippen molar-refractivity contribution in [2.24, 2.45) is 0 Å². The van der Waals surface area contributed by atoms with Gasteiger partial charge in [-0.3, -0.25) is 0 Å². The van der Waals surface area contributed by atoms with Gasteiger partial charge >= 0.3 is 6.09 Å². The second-order valence-electron chi connectivity index (χ2n) is 10.9. The SMILES string of the molecule is CC(C)(C)OC(=O)N(Cc1ccc(-c2ccc(CNCc3ccccc3)cc2)cc1)C1CCCCC1. The van der Waals surface area contributed by atoms with Crippen molar-refractivity contribution in [3.8, 4) is 11.1 Å². The molecule has 0 spiro atoms. The number of hydrogen-bond donors (Lipinski definition) is 1. The molecule has 1 fully saturated rings. The van der Waals surface area contributed by atoms with Crippen molar-refractivity contribution in [3.63, 3.8) is 0 Å². The minimum absolute atomic E-state index is 0.199. The molecule has 0 aliphatic heterocycles. The van der Waals surface area contributed by atoms with Gasteiger partial charge in [0.15, 0.2) is 0 Å². The zero-order valence-corrected chi connectivity index (χ0v) is 22.0. The van der Waals surface area contributed by atoms with Crippen molar-refractivity contribution in [1.29, 1.82) is 0 Å². The molecule has 0 aromatic heterocycles. The number of carbonyl (C=O) groups excluding carboxylic acids is 1. The van der Waals surface area contributed by atoms with Gasteiger partial charge < -0.3 is 15.0 Å². The third kappa shape index (κ3) is 7.69. The van der Waals surface area contributed by atoms with Gasteiger partial charge in [0.2, 0.25) is 0 Å². The summed E-state index contributed by atoms with van der Waals surface area (Å²) in [5, 5.41) is 3.51. The summed E-state index contributed by atoms with van der Waals surface area (Å²) in [5.74, 6) is 0. The van der Waals surface area contributed by atoms with Gasteiger partial charge in [0, 0.05) is 25.7 Å². The molecule has 0 atom stereocenters. The molecule has 190 valence electrons. The molecule has 1 saturated carbocycles. The number of nitrogens with zero attached hydrogens (tertiary/aromatic N) is 1. The van der Waals surface area contributed by atoms with E-state index in [0.29, 0.717) is 6.54 Å². The first-order chi connectivity index (χ1) is 17.4. The Bertz CT molecular complexity index is 1080. The summed E-state index contributed by atoms with van der Waals surface area (Å²) in [6.07, 6.45) is 5.54. The van der Waals surface area contributed by atoms with E-state index in [9.17, 15) is 4.79 Å². The highest BCUT2D eigenvalue weighted by atomic mass is 16.6. The maximum Gasteiger partial charge on any atom is 0.410 e. The summed E-state index contributed by atoms with van der Waals surface area (Å²) in [5.41, 5.74) is 5.59. The Hall–Kier alpha value is -3.11. The van der Waals surface area contributed by atoms with Gasteiger partial charge in [-0.1, -0.05) is 98.1 Å². The summed E-state index contributed by atoms with van der Waals surface area (Å²) in [6.45, 7) is 8.10. The standard InChI is InChI=1S/C32H40N2O2/c1-32(2,3)36-31(35)34(30-12-8-5-9-13-30)24-27-16-20-29(21-17-27)28-18-14-26(15-19-28)23-33-22-25-10-6-4-7-11-25/h4,6-7,10-11,14-21,30,33H,5,8-9,12-13,22-24H2,1-3H3. The summed E-state index contributed by atoms with van der Waals surface area (Å²) in [7, 11) is 0. The highest BCUT2D eigenvalue weighted by Crippen LogP contribution is 2.27. The molecule has 0 heterocycles. The first-order valence-corrected chi connectivity index (χ1v) is 13.3. The van der Waals surface area contributed by atoms with Crippen molar-refractivity contribution in [3.05, 3.63) is 95.6 Å². The second kappa shape index (κ2) is 12.2. The predicted molar refractivity (Wildman–Crippen MR) is 148 cm³/mol. The molecule has 1 aliphatic rings. The van der Waals surface area contributed by atoms with Gasteiger partial charge in [-0.15, -0.1) is 0 Å². The maximum absolute atomic E-state index is 13.0. The van der Waals surface area contributed by atoms with Crippen molar-refractivity contribution in [2.75, 3.05) is 0 Å². The summed E-state index contributed by atoms with van der Waals surface area (Å²) in [6, 6.07) is 28.1. The Balaban J connectivity index is 1.37. The van der Waals surface area contributed by atoms with E-state index in [1.165, 1.54) is 41.5 Å². The summed E-state index contributed by atoms with van der Waals surface area (Å²) < 4.78 is 5.76. The lowest BCUT2D eigenvalue weighted by Gasteiger charge is -2.35. The zero-order valence-electron chi connectivity index (χ0n) is 22.0. The van der Waals surface area contributed by atoms with E-state index in [-0.39, 0.29) is 12.1 Å². The maximum atomic E-state index is 13.0. The molecule has 4 heteroatoms. The third-order valence-corrected chi connectivity index (χ3v) is 6.74. The Labute approximate surface area is 216 Å². The molecule has 0 saturated heterocycles. The smallest absolute Gasteiger partial charge is 0.410 e. The van der Waals surface area contributed by atoms with E-state index in [2.05, 4.69) is 78.1 Å². The Kier molecular flexibility index (Phi) is 8.82. The molecule has 36 heavy (non-hydrogen) atoms. The van der Waals surface area contributed by atoms with Crippen LogP contribution in [0.3, 0.4) is 0 Å². The van der Waals surface area contributed by atoms with E-state index in [0.717, 1.165) is 31.5 Å². The summed E-state index contributed by atoms with van der Waals surface area (Å²) >= 11 is 0. The average molecular weight is 485 g/mol. The zero-order chi connectivity index (χ0) is 25.4. The first-order valence-electron chi connectivity index (χ1n) is 13.3. The molecule has 0 radical (unpaired) electrons. The molecule has 4 nitrogen and oxygen atoms in total. The average Bonchev–Trinajstić information content (AvgIpc) is 2.88. The first kappa shape index (κ1) is 26.0. The molecular formula is C32H40N2O2. The Morgan fingerprint density at radius 3 is 1.86 bits per heavy atom. The summed E-state index contributed by atoms with van der Waals surface area (Å²) in [4.78, 5) is 15.0. The number of ether oxygens (including phenoxy) is 1. The third-order valence-electron chi connectivity index (χ3n) is 6.74. The lowest BCUT2D eigenvalue weighted by molar-refractivity contribution is 0.00988. The van der Waals surface area contributed by atoms with Crippen LogP contribution in [0.4, 0.5) is 4.79 Å². The lowest BCUT2D eigenvalue weighted by atomic mass is 9.94.